The molecule has 0 fully saturated rings. The average Bonchev–Trinajstić information content (AvgIpc) is 4.13. The predicted molar refractivity (Wildman–Crippen MR) is 226 cm³/mol. The summed E-state index contributed by atoms with van der Waals surface area (Å²) >= 11 is 4.78. The maximum absolute atomic E-state index is 6.18. The molecule has 0 spiro atoms. The van der Waals surface area contributed by atoms with Gasteiger partial charge in [0.05, 0.1) is 0 Å². The fraction of sp³-hybridized carbons (Fsp3) is 0.250. The van der Waals surface area contributed by atoms with Crippen LogP contribution in [0.1, 0.15) is 61.3 Å². The van der Waals surface area contributed by atoms with Crippen molar-refractivity contribution in [2.24, 2.45) is 0 Å². The van der Waals surface area contributed by atoms with Gasteiger partial charge in [0.1, 0.15) is 0 Å². The predicted octanol–water partition coefficient (Wildman–Crippen LogP) is 10.3. The van der Waals surface area contributed by atoms with E-state index in [-0.39, 0.29) is 0 Å². The van der Waals surface area contributed by atoms with Gasteiger partial charge in [-0.25, -0.2) is 0 Å². The minimum absolute atomic E-state index is 0.880. The van der Waals surface area contributed by atoms with Crippen LogP contribution in [0.15, 0.2) is 119 Å². The third kappa shape index (κ3) is 8.50. The van der Waals surface area contributed by atoms with Crippen molar-refractivity contribution in [2.45, 2.75) is 78.3 Å². The van der Waals surface area contributed by atoms with Crippen molar-refractivity contribution >= 4 is 43.9 Å². The van der Waals surface area contributed by atoms with Crippen molar-refractivity contribution in [2.75, 3.05) is 0 Å². The fourth-order valence-corrected chi connectivity index (χ4v) is 9.50. The molecule has 0 atom stereocenters. The van der Waals surface area contributed by atoms with Gasteiger partial charge in [-0.05, 0) is 0 Å². The number of hydrogen-bond donors (Lipinski definition) is 0. The summed E-state index contributed by atoms with van der Waals surface area (Å²) in [5, 5.41) is 21.1. The van der Waals surface area contributed by atoms with Crippen LogP contribution < -0.4 is 10.2 Å². The summed E-state index contributed by atoms with van der Waals surface area (Å²) in [4.78, 5) is 0. The third-order valence-electron chi connectivity index (χ3n) is 10.8. The van der Waals surface area contributed by atoms with Gasteiger partial charge >= 0.3 is 372 Å². The summed E-state index contributed by atoms with van der Waals surface area (Å²) in [6, 6.07) is 35.4. The fourth-order valence-electron chi connectivity index (χ4n) is 7.81. The molecule has 0 aliphatic carbocycles. The number of hydrogen-bond acceptors (Lipinski definition) is 4. The van der Waals surface area contributed by atoms with E-state index in [9.17, 15) is 0 Å². The Bertz CT molecular complexity index is 2950. The van der Waals surface area contributed by atoms with E-state index in [2.05, 4.69) is 151 Å². The zero-order valence-electron chi connectivity index (χ0n) is 33.5. The molecule has 0 unspecified atom stereocenters. The van der Waals surface area contributed by atoms with Crippen LogP contribution in [0.25, 0.3) is 55.3 Å². The molecule has 0 radical (unpaired) electrons. The van der Waals surface area contributed by atoms with Crippen molar-refractivity contribution < 1.29 is 47.5 Å². The van der Waals surface area contributed by atoms with Crippen LogP contribution >= 0.6 is 0 Å². The van der Waals surface area contributed by atoms with Crippen LogP contribution in [0.5, 0.6) is 0 Å². The zero-order chi connectivity index (χ0) is 41.0. The van der Waals surface area contributed by atoms with Gasteiger partial charge in [-0.1, -0.05) is 0 Å². The van der Waals surface area contributed by atoms with Crippen LogP contribution in [0.2, 0.25) is 0 Å². The molecule has 312 valence electrons. The zero-order valence-corrected chi connectivity index (χ0v) is 38.0. The number of furan rings is 2. The molecule has 4 aromatic carbocycles. The summed E-state index contributed by atoms with van der Waals surface area (Å²) in [5.74, 6) is 0. The molecule has 6 heterocycles. The molecule has 0 bridgehead atoms. The first kappa shape index (κ1) is 40.1. The molecule has 10 rings (SSSR count). The summed E-state index contributed by atoms with van der Waals surface area (Å²) < 4.78 is 23.6. The second-order valence-electron chi connectivity index (χ2n) is 15.1. The van der Waals surface area contributed by atoms with Gasteiger partial charge in [0.25, 0.3) is 0 Å². The van der Waals surface area contributed by atoms with E-state index in [1.165, 1.54) is 12.8 Å². The number of imidazole rings is 2. The molecule has 60 heavy (non-hydrogen) atoms. The van der Waals surface area contributed by atoms with Gasteiger partial charge in [0.2, 0.25) is 0 Å². The van der Waals surface area contributed by atoms with E-state index in [1.807, 2.05) is 62.4 Å². The monoisotopic (exact) mass is 1150 g/mol. The molecule has 0 aliphatic heterocycles. The molecule has 0 saturated carbocycles. The molecule has 0 amide bonds. The number of rotatable bonds is 14. The second kappa shape index (κ2) is 18.1. The topological polar surface area (TPSA) is 100.0 Å². The normalized spacial score (nSPS) is 11.7. The molecule has 10 nitrogen and oxygen atoms in total. The van der Waals surface area contributed by atoms with Gasteiger partial charge < -0.3 is 0 Å². The number of unbranched alkanes of at least 4 members (excludes halogenated alkanes) is 4. The third-order valence-corrected chi connectivity index (χ3v) is 13.2. The number of fused-ring (bicyclic) bond motifs is 6. The van der Waals surface area contributed by atoms with Crippen molar-refractivity contribution in [1.29, 1.82) is 0 Å². The summed E-state index contributed by atoms with van der Waals surface area (Å²) in [5.41, 5.74) is 9.72. The van der Waals surface area contributed by atoms with Crippen LogP contribution in [0.4, 0.5) is 0 Å². The number of para-hydroxylation sites is 2. The molecule has 10 aromatic rings. The minimum atomic E-state index is 0.880. The second-order valence-corrected chi connectivity index (χ2v) is 17.1. The molecule has 0 N–H and O–H groups in total. The van der Waals surface area contributed by atoms with Gasteiger partial charge in [-0.15, -0.1) is 0 Å². The average molecular weight is 1160 g/mol. The van der Waals surface area contributed by atoms with Crippen molar-refractivity contribution in [3.8, 4) is 11.4 Å². The van der Waals surface area contributed by atoms with Crippen LogP contribution in [0.3, 0.4) is 0 Å². The molecule has 0 saturated heterocycles. The number of aromatic nitrogens is 8. The number of benzene rings is 4. The van der Waals surface area contributed by atoms with Crippen molar-refractivity contribution in [1.82, 2.24) is 38.7 Å². The Labute approximate surface area is 369 Å². The van der Waals surface area contributed by atoms with Gasteiger partial charge in [-0.2, -0.15) is 0 Å². The Morgan fingerprint density at radius 2 is 1.00 bits per heavy atom. The van der Waals surface area contributed by atoms with E-state index >= 15 is 0 Å². The maximum atomic E-state index is 6.18. The molecule has 0 aliphatic rings. The molecule has 6 aromatic heterocycles. The molecular formula is C48H44N8O2Pt2-4. The quantitative estimate of drug-likeness (QED) is 0.0795. The van der Waals surface area contributed by atoms with Crippen LogP contribution in [-0.4, -0.2) is 28.5 Å². The Hall–Kier alpha value is -5.30. The molecular weight excluding hydrogens is 1110 g/mol. The van der Waals surface area contributed by atoms with E-state index in [4.69, 9.17) is 8.83 Å². The van der Waals surface area contributed by atoms with Crippen molar-refractivity contribution in [3.63, 3.8) is 0 Å². The Balaban J connectivity index is 0.000000154. The van der Waals surface area contributed by atoms with Gasteiger partial charge in [0, 0.05) is 0 Å². The Morgan fingerprint density at radius 1 is 0.550 bits per heavy atom. The Kier molecular flexibility index (Phi) is 12.1. The van der Waals surface area contributed by atoms with Gasteiger partial charge in [-0.3, -0.25) is 0 Å². The number of aryl methyl sites for hydroxylation is 6. The summed E-state index contributed by atoms with van der Waals surface area (Å²) in [7, 11) is 0. The van der Waals surface area contributed by atoms with E-state index in [0.29, 0.717) is 0 Å². The van der Waals surface area contributed by atoms with Crippen LogP contribution in [0, 0.1) is 33.6 Å². The number of nitrogens with zero attached hydrogens (tertiary/aromatic N) is 8. The van der Waals surface area contributed by atoms with Crippen molar-refractivity contribution in [3.05, 3.63) is 152 Å². The Morgan fingerprint density at radius 3 is 1.43 bits per heavy atom. The van der Waals surface area contributed by atoms with E-state index in [0.717, 1.165) is 137 Å². The first-order valence-electron chi connectivity index (χ1n) is 20.4. The molecule has 12 heteroatoms. The SMILES string of the molecule is Cc1cc(CCCCCn2ccn(-c3[c-]ccc4c3oc3ccccc34)[c]2=[Pt])n[n-]1.Cc1cc(CCCCCn2ccn(-c3[c-]ccc4c3oc3ccccc34)[c]2=[Pt])n[n-]1. The standard InChI is InChI=1S/2C24H22N4O.2Pt/c2*1-18-16-19(26-25-18)8-3-2-6-13-27-14-15-28(17-27)22-11-7-10-21-20-9-4-5-12-23(20)29-24(21)22;;/h2*4-5,7,9-10,12,14-16H,2-3,6,8,13H2,1H3;;/q2*-2;;. The van der Waals surface area contributed by atoms with E-state index in [1.54, 1.807) is 0 Å². The first-order valence-corrected chi connectivity index (χ1v) is 22.7. The van der Waals surface area contributed by atoms with Crippen LogP contribution in [-0.2, 0) is 64.6 Å². The summed E-state index contributed by atoms with van der Waals surface area (Å²) in [6.45, 7) is 5.97. The summed E-state index contributed by atoms with van der Waals surface area (Å²) in [6.07, 6.45) is 17.4. The first-order chi connectivity index (χ1) is 29.4. The van der Waals surface area contributed by atoms with Gasteiger partial charge in [0.15, 0.2) is 0 Å². The van der Waals surface area contributed by atoms with E-state index < -0.39 is 0 Å².